The van der Waals surface area contributed by atoms with Crippen molar-refractivity contribution in [2.75, 3.05) is 6.61 Å². The second-order valence-corrected chi connectivity index (χ2v) is 4.77. The molecule has 2 rings (SSSR count). The first-order chi connectivity index (χ1) is 9.60. The number of ether oxygens (including phenoxy) is 1. The number of aromatic nitrogens is 1. The normalized spacial score (nSPS) is 12.2. The molecule has 0 saturated heterocycles. The Morgan fingerprint density at radius 3 is 2.70 bits per heavy atom. The Morgan fingerprint density at radius 1 is 1.20 bits per heavy atom. The molecule has 1 N–H and O–H groups in total. The molecular weight excluding hydrogens is 257 g/mol. The molecule has 20 heavy (non-hydrogen) atoms. The van der Waals surface area contributed by atoms with Gasteiger partial charge >= 0.3 is 0 Å². The standard InChI is InChI=1S/C16H18FNO2/c1-3-4-20-15-8-13(9-18-10-15)16(19)12-5-11(2)6-14(17)7-12/h5-10,16,19H,3-4H2,1-2H3. The van der Waals surface area contributed by atoms with Crippen molar-refractivity contribution < 1.29 is 14.2 Å². The van der Waals surface area contributed by atoms with Gasteiger partial charge in [-0.15, -0.1) is 0 Å². The topological polar surface area (TPSA) is 42.4 Å². The van der Waals surface area contributed by atoms with E-state index in [4.69, 9.17) is 4.74 Å². The van der Waals surface area contributed by atoms with E-state index in [2.05, 4.69) is 4.98 Å². The maximum atomic E-state index is 13.4. The van der Waals surface area contributed by atoms with Crippen LogP contribution in [0, 0.1) is 12.7 Å². The van der Waals surface area contributed by atoms with Crippen LogP contribution in [0.3, 0.4) is 0 Å². The van der Waals surface area contributed by atoms with Crippen LogP contribution in [-0.2, 0) is 0 Å². The van der Waals surface area contributed by atoms with Crippen LogP contribution in [0.4, 0.5) is 4.39 Å². The lowest BCUT2D eigenvalue weighted by molar-refractivity contribution is 0.218. The maximum absolute atomic E-state index is 13.4. The van der Waals surface area contributed by atoms with Crippen molar-refractivity contribution in [2.45, 2.75) is 26.4 Å². The highest BCUT2D eigenvalue weighted by molar-refractivity contribution is 5.34. The lowest BCUT2D eigenvalue weighted by Gasteiger charge is -2.13. The number of hydrogen-bond acceptors (Lipinski definition) is 3. The summed E-state index contributed by atoms with van der Waals surface area (Å²) in [5, 5.41) is 10.3. The molecule has 0 saturated carbocycles. The number of rotatable bonds is 5. The smallest absolute Gasteiger partial charge is 0.137 e. The average molecular weight is 275 g/mol. The Bertz CT molecular complexity index is 566. The maximum Gasteiger partial charge on any atom is 0.137 e. The predicted octanol–water partition coefficient (Wildman–Crippen LogP) is 3.40. The Morgan fingerprint density at radius 2 is 2.00 bits per heavy atom. The van der Waals surface area contributed by atoms with Crippen LogP contribution in [0.5, 0.6) is 5.75 Å². The average Bonchev–Trinajstić information content (AvgIpc) is 2.43. The Kier molecular flexibility index (Phi) is 4.69. The summed E-state index contributed by atoms with van der Waals surface area (Å²) in [6.45, 7) is 4.40. The van der Waals surface area contributed by atoms with Gasteiger partial charge in [-0.2, -0.15) is 0 Å². The van der Waals surface area contributed by atoms with E-state index in [9.17, 15) is 9.50 Å². The molecule has 3 nitrogen and oxygen atoms in total. The van der Waals surface area contributed by atoms with Crippen molar-refractivity contribution in [3.63, 3.8) is 0 Å². The minimum absolute atomic E-state index is 0.356. The lowest BCUT2D eigenvalue weighted by Crippen LogP contribution is -2.03. The summed E-state index contributed by atoms with van der Waals surface area (Å²) in [5.74, 6) is 0.252. The van der Waals surface area contributed by atoms with Gasteiger partial charge in [0.25, 0.3) is 0 Å². The van der Waals surface area contributed by atoms with E-state index in [0.717, 1.165) is 12.0 Å². The van der Waals surface area contributed by atoms with Crippen LogP contribution in [0.2, 0.25) is 0 Å². The van der Waals surface area contributed by atoms with Gasteiger partial charge in [0.05, 0.1) is 12.8 Å². The fourth-order valence-electron chi connectivity index (χ4n) is 2.00. The monoisotopic (exact) mass is 275 g/mol. The molecule has 2 aromatic rings. The summed E-state index contributed by atoms with van der Waals surface area (Å²) < 4.78 is 18.9. The van der Waals surface area contributed by atoms with Gasteiger partial charge in [-0.05, 0) is 42.7 Å². The minimum Gasteiger partial charge on any atom is -0.492 e. The number of aliphatic hydroxyl groups is 1. The molecule has 1 atom stereocenters. The van der Waals surface area contributed by atoms with Crippen molar-refractivity contribution in [1.82, 2.24) is 4.98 Å². The quantitative estimate of drug-likeness (QED) is 0.909. The number of halogens is 1. The van der Waals surface area contributed by atoms with Crippen molar-refractivity contribution in [1.29, 1.82) is 0 Å². The Hall–Kier alpha value is -1.94. The Balaban J connectivity index is 2.25. The molecule has 0 radical (unpaired) electrons. The van der Waals surface area contributed by atoms with Crippen molar-refractivity contribution in [2.24, 2.45) is 0 Å². The zero-order valence-electron chi connectivity index (χ0n) is 11.6. The van der Waals surface area contributed by atoms with E-state index < -0.39 is 6.10 Å². The van der Waals surface area contributed by atoms with Crippen LogP contribution in [0.15, 0.2) is 36.7 Å². The molecule has 0 bridgehead atoms. The molecule has 1 aromatic heterocycles. The molecule has 0 spiro atoms. The lowest BCUT2D eigenvalue weighted by atomic mass is 10.0. The van der Waals surface area contributed by atoms with Gasteiger partial charge in [0, 0.05) is 11.8 Å². The van der Waals surface area contributed by atoms with Crippen LogP contribution < -0.4 is 4.74 Å². The second kappa shape index (κ2) is 6.48. The van der Waals surface area contributed by atoms with E-state index in [0.29, 0.717) is 23.5 Å². The second-order valence-electron chi connectivity index (χ2n) is 4.77. The van der Waals surface area contributed by atoms with Gasteiger partial charge in [-0.1, -0.05) is 13.0 Å². The van der Waals surface area contributed by atoms with Gasteiger partial charge in [0.1, 0.15) is 17.7 Å². The highest BCUT2D eigenvalue weighted by Crippen LogP contribution is 2.25. The van der Waals surface area contributed by atoms with Gasteiger partial charge in [-0.25, -0.2) is 4.39 Å². The fourth-order valence-corrected chi connectivity index (χ4v) is 2.00. The minimum atomic E-state index is -0.915. The third kappa shape index (κ3) is 3.54. The zero-order chi connectivity index (χ0) is 14.5. The molecule has 1 heterocycles. The molecule has 106 valence electrons. The molecule has 0 fully saturated rings. The van der Waals surface area contributed by atoms with Crippen molar-refractivity contribution in [3.8, 4) is 5.75 Å². The van der Waals surface area contributed by atoms with E-state index >= 15 is 0 Å². The largest absolute Gasteiger partial charge is 0.492 e. The van der Waals surface area contributed by atoms with E-state index in [-0.39, 0.29) is 5.82 Å². The van der Waals surface area contributed by atoms with Gasteiger partial charge in [0.15, 0.2) is 0 Å². The van der Waals surface area contributed by atoms with Crippen LogP contribution in [0.25, 0.3) is 0 Å². The van der Waals surface area contributed by atoms with E-state index in [1.54, 1.807) is 31.5 Å². The van der Waals surface area contributed by atoms with Crippen molar-refractivity contribution in [3.05, 3.63) is 59.2 Å². The number of hydrogen-bond donors (Lipinski definition) is 1. The third-order valence-corrected chi connectivity index (χ3v) is 2.90. The highest BCUT2D eigenvalue weighted by atomic mass is 19.1. The molecule has 0 aliphatic heterocycles. The van der Waals surface area contributed by atoms with E-state index in [1.807, 2.05) is 6.92 Å². The number of pyridine rings is 1. The summed E-state index contributed by atoms with van der Waals surface area (Å²) in [6, 6.07) is 6.24. The fraction of sp³-hybridized carbons (Fsp3) is 0.312. The van der Waals surface area contributed by atoms with Gasteiger partial charge in [0.2, 0.25) is 0 Å². The number of nitrogens with zero attached hydrogens (tertiary/aromatic N) is 1. The summed E-state index contributed by atoms with van der Waals surface area (Å²) in [5.41, 5.74) is 1.87. The summed E-state index contributed by atoms with van der Waals surface area (Å²) in [6.07, 6.45) is 3.14. The number of aliphatic hydroxyl groups excluding tert-OH is 1. The van der Waals surface area contributed by atoms with Crippen LogP contribution in [0.1, 0.15) is 36.1 Å². The first kappa shape index (κ1) is 14.5. The summed E-state index contributed by atoms with van der Waals surface area (Å²) in [4.78, 5) is 4.05. The first-order valence-corrected chi connectivity index (χ1v) is 6.63. The molecule has 0 aliphatic carbocycles. The van der Waals surface area contributed by atoms with Gasteiger partial charge in [-0.3, -0.25) is 4.98 Å². The predicted molar refractivity (Wildman–Crippen MR) is 75.2 cm³/mol. The van der Waals surface area contributed by atoms with Gasteiger partial charge < -0.3 is 9.84 Å². The highest BCUT2D eigenvalue weighted by Gasteiger charge is 2.13. The summed E-state index contributed by atoms with van der Waals surface area (Å²) >= 11 is 0. The Labute approximate surface area is 118 Å². The van der Waals surface area contributed by atoms with E-state index in [1.165, 1.54) is 12.1 Å². The molecular formula is C16H18FNO2. The SMILES string of the molecule is CCCOc1cncc(C(O)c2cc(C)cc(F)c2)c1. The van der Waals surface area contributed by atoms with Crippen LogP contribution >= 0.6 is 0 Å². The molecule has 0 aliphatic rings. The first-order valence-electron chi connectivity index (χ1n) is 6.63. The summed E-state index contributed by atoms with van der Waals surface area (Å²) in [7, 11) is 0. The molecule has 4 heteroatoms. The molecule has 1 unspecified atom stereocenters. The molecule has 0 amide bonds. The third-order valence-electron chi connectivity index (χ3n) is 2.90. The van der Waals surface area contributed by atoms with Crippen molar-refractivity contribution >= 4 is 0 Å². The van der Waals surface area contributed by atoms with Crippen LogP contribution in [-0.4, -0.2) is 16.7 Å². The zero-order valence-corrected chi connectivity index (χ0v) is 11.6. The number of aryl methyl sites for hydroxylation is 1. The number of benzene rings is 1. The molecule has 1 aromatic carbocycles.